The Morgan fingerprint density at radius 3 is 1.13 bits per heavy atom. The highest BCUT2D eigenvalue weighted by Gasteiger charge is 2.21. The molecule has 4 unspecified atom stereocenters. The van der Waals surface area contributed by atoms with E-state index in [1.165, 1.54) is 77.0 Å². The third kappa shape index (κ3) is 18.0. The lowest BCUT2D eigenvalue weighted by atomic mass is 9.94. The number of aliphatic hydroxyl groups excluding tert-OH is 2. The van der Waals surface area contributed by atoms with Crippen LogP contribution in [0.15, 0.2) is 0 Å². The molecule has 0 saturated carbocycles. The molecular formula is C28H58O3. The SMILES string of the molecule is CCCCCCCCCC(O)C(CC)COCC(CC)C(O)CCCCCCCCC. The third-order valence-electron chi connectivity index (χ3n) is 7.01. The number of hydrogen-bond donors (Lipinski definition) is 2. The number of rotatable bonds is 24. The van der Waals surface area contributed by atoms with E-state index in [0.29, 0.717) is 13.2 Å². The van der Waals surface area contributed by atoms with Crippen molar-refractivity contribution in [3.05, 3.63) is 0 Å². The second-order valence-electron chi connectivity index (χ2n) is 9.83. The second kappa shape index (κ2) is 23.1. The highest BCUT2D eigenvalue weighted by Crippen LogP contribution is 2.20. The Kier molecular flexibility index (Phi) is 23.0. The smallest absolute Gasteiger partial charge is 0.0590 e. The van der Waals surface area contributed by atoms with E-state index in [1.807, 2.05) is 0 Å². The number of hydrogen-bond acceptors (Lipinski definition) is 3. The van der Waals surface area contributed by atoms with Gasteiger partial charge in [-0.3, -0.25) is 0 Å². The molecular weight excluding hydrogens is 384 g/mol. The van der Waals surface area contributed by atoms with Crippen LogP contribution in [0.4, 0.5) is 0 Å². The lowest BCUT2D eigenvalue weighted by Crippen LogP contribution is -2.29. The van der Waals surface area contributed by atoms with E-state index in [2.05, 4.69) is 27.7 Å². The maximum Gasteiger partial charge on any atom is 0.0590 e. The molecule has 0 radical (unpaired) electrons. The molecule has 0 spiro atoms. The Morgan fingerprint density at radius 2 is 0.806 bits per heavy atom. The average Bonchev–Trinajstić information content (AvgIpc) is 2.77. The van der Waals surface area contributed by atoms with Gasteiger partial charge in [0.25, 0.3) is 0 Å². The fraction of sp³-hybridized carbons (Fsp3) is 1.00. The van der Waals surface area contributed by atoms with Crippen molar-refractivity contribution >= 4 is 0 Å². The molecule has 0 heterocycles. The summed E-state index contributed by atoms with van der Waals surface area (Å²) in [7, 11) is 0. The Hall–Kier alpha value is -0.120. The van der Waals surface area contributed by atoms with Crippen LogP contribution in [0.1, 0.15) is 143 Å². The molecule has 0 aromatic heterocycles. The van der Waals surface area contributed by atoms with Gasteiger partial charge in [0.15, 0.2) is 0 Å². The molecule has 0 amide bonds. The molecule has 0 aliphatic carbocycles. The van der Waals surface area contributed by atoms with Crippen LogP contribution in [0.3, 0.4) is 0 Å². The van der Waals surface area contributed by atoms with E-state index in [4.69, 9.17) is 4.74 Å². The van der Waals surface area contributed by atoms with Gasteiger partial charge >= 0.3 is 0 Å². The molecule has 0 aromatic rings. The summed E-state index contributed by atoms with van der Waals surface area (Å²) in [6.07, 6.45) is 21.2. The lowest BCUT2D eigenvalue weighted by molar-refractivity contribution is -0.0168. The summed E-state index contributed by atoms with van der Waals surface area (Å²) < 4.78 is 6.01. The first-order valence-electron chi connectivity index (χ1n) is 14.0. The third-order valence-corrected chi connectivity index (χ3v) is 7.01. The molecule has 3 nitrogen and oxygen atoms in total. The van der Waals surface area contributed by atoms with Crippen molar-refractivity contribution in [2.45, 2.75) is 155 Å². The van der Waals surface area contributed by atoms with Crippen LogP contribution in [0.25, 0.3) is 0 Å². The molecule has 188 valence electrons. The minimum Gasteiger partial charge on any atom is -0.393 e. The first-order chi connectivity index (χ1) is 15.1. The van der Waals surface area contributed by atoms with Crippen LogP contribution in [0, 0.1) is 11.8 Å². The van der Waals surface area contributed by atoms with Crippen LogP contribution < -0.4 is 0 Å². The molecule has 0 saturated heterocycles. The lowest BCUT2D eigenvalue weighted by Gasteiger charge is -2.25. The van der Waals surface area contributed by atoms with Gasteiger partial charge in [-0.2, -0.15) is 0 Å². The molecule has 0 rings (SSSR count). The fourth-order valence-corrected chi connectivity index (χ4v) is 4.47. The monoisotopic (exact) mass is 442 g/mol. The average molecular weight is 443 g/mol. The molecule has 0 fully saturated rings. The Bertz CT molecular complexity index is 315. The Balaban J connectivity index is 3.93. The minimum atomic E-state index is -0.252. The number of aliphatic hydroxyl groups is 2. The first-order valence-corrected chi connectivity index (χ1v) is 14.0. The molecule has 4 atom stereocenters. The maximum absolute atomic E-state index is 10.6. The first kappa shape index (κ1) is 30.9. The summed E-state index contributed by atoms with van der Waals surface area (Å²) in [5.41, 5.74) is 0. The zero-order chi connectivity index (χ0) is 23.2. The van der Waals surface area contributed by atoms with Crippen LogP contribution in [0.5, 0.6) is 0 Å². The highest BCUT2D eigenvalue weighted by molar-refractivity contribution is 4.70. The van der Waals surface area contributed by atoms with Gasteiger partial charge < -0.3 is 14.9 Å². The normalized spacial score (nSPS) is 15.7. The summed E-state index contributed by atoms with van der Waals surface area (Å²) in [4.78, 5) is 0. The summed E-state index contributed by atoms with van der Waals surface area (Å²) in [5.74, 6) is 0.440. The Labute approximate surface area is 195 Å². The molecule has 0 aromatic carbocycles. The standard InChI is InChI=1S/C28H58O3/c1-5-9-11-13-15-17-19-21-27(29)25(7-3)23-31-24-26(8-4)28(30)22-20-18-16-14-12-10-6-2/h25-30H,5-24H2,1-4H3. The van der Waals surface area contributed by atoms with Gasteiger partial charge in [0, 0.05) is 11.8 Å². The van der Waals surface area contributed by atoms with Crippen molar-refractivity contribution in [2.75, 3.05) is 13.2 Å². The van der Waals surface area contributed by atoms with Crippen LogP contribution in [-0.2, 0) is 4.74 Å². The predicted octanol–water partition coefficient (Wildman–Crippen LogP) is 8.06. The van der Waals surface area contributed by atoms with E-state index < -0.39 is 0 Å². The summed E-state index contributed by atoms with van der Waals surface area (Å²) in [6.45, 7) is 10.0. The minimum absolute atomic E-state index is 0.220. The topological polar surface area (TPSA) is 49.7 Å². The molecule has 2 N–H and O–H groups in total. The quantitative estimate of drug-likeness (QED) is 0.149. The van der Waals surface area contributed by atoms with Gasteiger partial charge in [0.2, 0.25) is 0 Å². The van der Waals surface area contributed by atoms with Crippen molar-refractivity contribution in [3.8, 4) is 0 Å². The van der Waals surface area contributed by atoms with Crippen molar-refractivity contribution in [1.82, 2.24) is 0 Å². The maximum atomic E-state index is 10.6. The van der Waals surface area contributed by atoms with Gasteiger partial charge in [-0.1, -0.05) is 118 Å². The molecule has 3 heteroatoms. The number of ether oxygens (including phenoxy) is 1. The molecule has 0 bridgehead atoms. The summed E-state index contributed by atoms with van der Waals surface area (Å²) >= 11 is 0. The molecule has 0 aliphatic rings. The van der Waals surface area contributed by atoms with Crippen molar-refractivity contribution < 1.29 is 14.9 Å². The zero-order valence-corrected chi connectivity index (χ0v) is 21.8. The van der Waals surface area contributed by atoms with Crippen molar-refractivity contribution in [2.24, 2.45) is 11.8 Å². The van der Waals surface area contributed by atoms with Crippen LogP contribution >= 0.6 is 0 Å². The van der Waals surface area contributed by atoms with E-state index in [9.17, 15) is 10.2 Å². The predicted molar refractivity (Wildman–Crippen MR) is 136 cm³/mol. The van der Waals surface area contributed by atoms with Crippen molar-refractivity contribution in [1.29, 1.82) is 0 Å². The van der Waals surface area contributed by atoms with Crippen molar-refractivity contribution in [3.63, 3.8) is 0 Å². The summed E-state index contributed by atoms with van der Waals surface area (Å²) in [6, 6.07) is 0. The van der Waals surface area contributed by atoms with E-state index >= 15 is 0 Å². The fourth-order valence-electron chi connectivity index (χ4n) is 4.47. The van der Waals surface area contributed by atoms with Gasteiger partial charge in [-0.25, -0.2) is 0 Å². The highest BCUT2D eigenvalue weighted by atomic mass is 16.5. The summed E-state index contributed by atoms with van der Waals surface area (Å²) in [5, 5.41) is 21.1. The van der Waals surface area contributed by atoms with Gasteiger partial charge in [-0.15, -0.1) is 0 Å². The molecule has 31 heavy (non-hydrogen) atoms. The number of unbranched alkanes of at least 4 members (excludes halogenated alkanes) is 12. The van der Waals surface area contributed by atoms with E-state index in [0.717, 1.165) is 38.5 Å². The second-order valence-corrected chi connectivity index (χ2v) is 9.83. The van der Waals surface area contributed by atoms with Gasteiger partial charge in [-0.05, 0) is 25.7 Å². The zero-order valence-electron chi connectivity index (χ0n) is 21.8. The Morgan fingerprint density at radius 1 is 0.484 bits per heavy atom. The van der Waals surface area contributed by atoms with E-state index in [1.54, 1.807) is 0 Å². The van der Waals surface area contributed by atoms with Crippen LogP contribution in [0.2, 0.25) is 0 Å². The molecule has 0 aliphatic heterocycles. The largest absolute Gasteiger partial charge is 0.393 e. The van der Waals surface area contributed by atoms with Crippen LogP contribution in [-0.4, -0.2) is 35.6 Å². The van der Waals surface area contributed by atoms with E-state index in [-0.39, 0.29) is 24.0 Å². The van der Waals surface area contributed by atoms with Gasteiger partial charge in [0.1, 0.15) is 0 Å². The van der Waals surface area contributed by atoms with Gasteiger partial charge in [0.05, 0.1) is 25.4 Å².